The Morgan fingerprint density at radius 2 is 2.08 bits per heavy atom. The zero-order chi connectivity index (χ0) is 25.9. The Kier molecular flexibility index (Phi) is 6.93. The molecular formula is C25H29N9O3. The lowest BCUT2D eigenvalue weighted by Gasteiger charge is -2.20. The van der Waals surface area contributed by atoms with Crippen LogP contribution >= 0.6 is 0 Å². The number of aliphatic hydroxyl groups is 1. The molecule has 0 spiro atoms. The molecular weight excluding hydrogens is 474 g/mol. The van der Waals surface area contributed by atoms with Gasteiger partial charge < -0.3 is 15.7 Å². The number of rotatable bonds is 8. The molecule has 0 aromatic carbocycles. The topological polar surface area (TPSA) is 143 Å². The fourth-order valence-corrected chi connectivity index (χ4v) is 4.47. The van der Waals surface area contributed by atoms with Crippen LogP contribution < -0.4 is 10.6 Å². The van der Waals surface area contributed by atoms with Crippen molar-refractivity contribution < 1.29 is 14.7 Å². The molecule has 0 unspecified atom stereocenters. The van der Waals surface area contributed by atoms with Crippen LogP contribution in [0.15, 0.2) is 42.9 Å². The number of anilines is 2. The van der Waals surface area contributed by atoms with Crippen LogP contribution in [0.4, 0.5) is 11.4 Å². The largest absolute Gasteiger partial charge is 0.394 e. The van der Waals surface area contributed by atoms with Crippen LogP contribution in [0.25, 0.3) is 16.8 Å². The second-order valence-corrected chi connectivity index (χ2v) is 9.19. The van der Waals surface area contributed by atoms with Crippen molar-refractivity contribution in [3.63, 3.8) is 0 Å². The highest BCUT2D eigenvalue weighted by molar-refractivity contribution is 6.08. The van der Waals surface area contributed by atoms with Crippen LogP contribution in [0.2, 0.25) is 0 Å². The lowest BCUT2D eigenvalue weighted by atomic mass is 10.2. The first-order chi connectivity index (χ1) is 17.9. The van der Waals surface area contributed by atoms with Gasteiger partial charge in [-0.2, -0.15) is 5.10 Å². The van der Waals surface area contributed by atoms with Crippen LogP contribution in [0.3, 0.4) is 0 Å². The Labute approximate surface area is 213 Å². The SMILES string of the molecule is Cc1ncc(NC(=O)CN2CCC[C@@H]2C)cc1NC(=O)c1nnn2cc(-c3ccn(CCO)n3)ccc12. The Morgan fingerprint density at radius 1 is 1.22 bits per heavy atom. The van der Waals surface area contributed by atoms with Crippen LogP contribution in [-0.4, -0.2) is 77.2 Å². The van der Waals surface area contributed by atoms with E-state index in [1.807, 2.05) is 12.1 Å². The van der Waals surface area contributed by atoms with Gasteiger partial charge in [-0.25, -0.2) is 4.52 Å². The van der Waals surface area contributed by atoms with Crippen molar-refractivity contribution in [2.24, 2.45) is 0 Å². The first kappa shape index (κ1) is 24.5. The number of carbonyl (C=O) groups excluding carboxylic acids is 2. The van der Waals surface area contributed by atoms with Gasteiger partial charge in [0, 0.05) is 24.0 Å². The lowest BCUT2D eigenvalue weighted by molar-refractivity contribution is -0.117. The summed E-state index contributed by atoms with van der Waals surface area (Å²) in [5.74, 6) is -0.549. The molecule has 5 rings (SSSR count). The van der Waals surface area contributed by atoms with E-state index in [2.05, 4.69) is 42.9 Å². The summed E-state index contributed by atoms with van der Waals surface area (Å²) in [5.41, 5.74) is 3.81. The highest BCUT2D eigenvalue weighted by Crippen LogP contribution is 2.22. The van der Waals surface area contributed by atoms with Gasteiger partial charge in [0.25, 0.3) is 5.91 Å². The molecule has 4 aromatic heterocycles. The van der Waals surface area contributed by atoms with Gasteiger partial charge >= 0.3 is 0 Å². The quantitative estimate of drug-likeness (QED) is 0.331. The Bertz CT molecular complexity index is 1440. The number of hydrogen-bond acceptors (Lipinski definition) is 8. The maximum absolute atomic E-state index is 13.1. The number of nitrogens with zero attached hydrogens (tertiary/aromatic N) is 7. The van der Waals surface area contributed by atoms with Gasteiger partial charge in [-0.05, 0) is 57.5 Å². The van der Waals surface area contributed by atoms with E-state index in [1.165, 1.54) is 4.52 Å². The number of hydrogen-bond donors (Lipinski definition) is 3. The van der Waals surface area contributed by atoms with Gasteiger partial charge in [0.1, 0.15) is 0 Å². The molecule has 4 aromatic rings. The maximum atomic E-state index is 13.1. The van der Waals surface area contributed by atoms with Crippen LogP contribution in [0.5, 0.6) is 0 Å². The first-order valence-corrected chi connectivity index (χ1v) is 12.2. The Hall–Kier alpha value is -4.16. The molecule has 12 heteroatoms. The van der Waals surface area contributed by atoms with Gasteiger partial charge in [0.15, 0.2) is 5.69 Å². The molecule has 1 aliphatic heterocycles. The number of amides is 2. The van der Waals surface area contributed by atoms with Gasteiger partial charge in [-0.1, -0.05) is 5.21 Å². The third kappa shape index (κ3) is 5.34. The van der Waals surface area contributed by atoms with Gasteiger partial charge in [-0.15, -0.1) is 5.10 Å². The summed E-state index contributed by atoms with van der Waals surface area (Å²) in [5, 5.41) is 27.4. The summed E-state index contributed by atoms with van der Waals surface area (Å²) < 4.78 is 3.18. The molecule has 0 radical (unpaired) electrons. The molecule has 0 saturated carbocycles. The highest BCUT2D eigenvalue weighted by Gasteiger charge is 2.23. The fraction of sp³-hybridized carbons (Fsp3) is 0.360. The van der Waals surface area contributed by atoms with E-state index in [4.69, 9.17) is 5.11 Å². The number of aryl methyl sites for hydroxylation is 1. The van der Waals surface area contributed by atoms with E-state index in [1.54, 1.807) is 42.3 Å². The van der Waals surface area contributed by atoms with E-state index in [-0.39, 0.29) is 18.2 Å². The van der Waals surface area contributed by atoms with Crippen molar-refractivity contribution in [1.29, 1.82) is 0 Å². The molecule has 0 bridgehead atoms. The van der Waals surface area contributed by atoms with Crippen molar-refractivity contribution >= 4 is 28.7 Å². The molecule has 1 saturated heterocycles. The predicted molar refractivity (Wildman–Crippen MR) is 137 cm³/mol. The monoisotopic (exact) mass is 503 g/mol. The number of aromatic nitrogens is 6. The van der Waals surface area contributed by atoms with Gasteiger partial charge in [0.05, 0.1) is 54.2 Å². The van der Waals surface area contributed by atoms with Gasteiger partial charge in [-0.3, -0.25) is 24.2 Å². The summed E-state index contributed by atoms with van der Waals surface area (Å²) in [6.45, 7) is 5.56. The molecule has 0 aliphatic carbocycles. The Morgan fingerprint density at radius 3 is 2.86 bits per heavy atom. The number of nitrogens with one attached hydrogen (secondary N) is 2. The fourth-order valence-electron chi connectivity index (χ4n) is 4.47. The van der Waals surface area contributed by atoms with Crippen molar-refractivity contribution in [2.75, 3.05) is 30.3 Å². The normalized spacial score (nSPS) is 15.8. The third-order valence-electron chi connectivity index (χ3n) is 6.55. The molecule has 1 aliphatic rings. The number of carbonyl (C=O) groups is 2. The van der Waals surface area contributed by atoms with E-state index in [0.717, 1.165) is 30.6 Å². The van der Waals surface area contributed by atoms with E-state index < -0.39 is 5.91 Å². The number of likely N-dealkylation sites (tertiary alicyclic amines) is 1. The van der Waals surface area contributed by atoms with Crippen LogP contribution in [0, 0.1) is 6.92 Å². The molecule has 192 valence electrons. The smallest absolute Gasteiger partial charge is 0.278 e. The minimum absolute atomic E-state index is 0.00383. The van der Waals surface area contributed by atoms with Crippen molar-refractivity contribution in [2.45, 2.75) is 39.3 Å². The minimum atomic E-state index is -0.436. The van der Waals surface area contributed by atoms with Crippen molar-refractivity contribution in [1.82, 2.24) is 34.5 Å². The highest BCUT2D eigenvalue weighted by atomic mass is 16.3. The molecule has 5 heterocycles. The molecule has 2 amide bonds. The van der Waals surface area contributed by atoms with E-state index >= 15 is 0 Å². The Balaban J connectivity index is 1.29. The third-order valence-corrected chi connectivity index (χ3v) is 6.55. The molecule has 1 atom stereocenters. The van der Waals surface area contributed by atoms with Gasteiger partial charge in [0.2, 0.25) is 5.91 Å². The summed E-state index contributed by atoms with van der Waals surface area (Å²) in [6, 6.07) is 7.53. The van der Waals surface area contributed by atoms with E-state index in [0.29, 0.717) is 41.7 Å². The predicted octanol–water partition coefficient (Wildman–Crippen LogP) is 1.96. The van der Waals surface area contributed by atoms with Crippen LogP contribution in [0.1, 0.15) is 35.9 Å². The summed E-state index contributed by atoms with van der Waals surface area (Å²) in [6.07, 6.45) is 7.31. The second kappa shape index (κ2) is 10.4. The summed E-state index contributed by atoms with van der Waals surface area (Å²) in [4.78, 5) is 32.1. The molecule has 3 N–H and O–H groups in total. The summed E-state index contributed by atoms with van der Waals surface area (Å²) in [7, 11) is 0. The van der Waals surface area contributed by atoms with Crippen molar-refractivity contribution in [3.8, 4) is 11.3 Å². The zero-order valence-electron chi connectivity index (χ0n) is 20.8. The first-order valence-electron chi connectivity index (χ1n) is 12.2. The zero-order valence-corrected chi connectivity index (χ0v) is 20.8. The lowest BCUT2D eigenvalue weighted by Crippen LogP contribution is -2.35. The van der Waals surface area contributed by atoms with Crippen molar-refractivity contribution in [3.05, 3.63) is 54.2 Å². The molecule has 37 heavy (non-hydrogen) atoms. The second-order valence-electron chi connectivity index (χ2n) is 9.19. The minimum Gasteiger partial charge on any atom is -0.394 e. The van der Waals surface area contributed by atoms with E-state index in [9.17, 15) is 9.59 Å². The number of aliphatic hydroxyl groups excluding tert-OH is 1. The number of pyridine rings is 2. The molecule has 1 fully saturated rings. The molecule has 12 nitrogen and oxygen atoms in total. The average Bonchev–Trinajstić information content (AvgIpc) is 3.61. The number of fused-ring (bicyclic) bond motifs is 1. The maximum Gasteiger partial charge on any atom is 0.278 e. The average molecular weight is 504 g/mol. The standard InChI is InChI=1S/C25H29N9O3/c1-16-4-3-8-32(16)15-23(36)27-19-12-21(17(2)26-13-19)28-25(37)24-22-6-5-18(14-34(22)31-29-24)20-7-9-33(30-20)10-11-35/h5-7,9,12-14,16,35H,3-4,8,10-11,15H2,1-2H3,(H,27,36)(H,28,37)/t16-/m0/s1. The summed E-state index contributed by atoms with van der Waals surface area (Å²) >= 11 is 0. The van der Waals surface area contributed by atoms with Crippen LogP contribution in [-0.2, 0) is 11.3 Å².